The van der Waals surface area contributed by atoms with Gasteiger partial charge in [0.1, 0.15) is 36.0 Å². The van der Waals surface area contributed by atoms with Crippen LogP contribution in [0.25, 0.3) is 27.6 Å². The van der Waals surface area contributed by atoms with E-state index in [1.807, 2.05) is 54.2 Å². The summed E-state index contributed by atoms with van der Waals surface area (Å²) in [5, 5.41) is 4.96. The van der Waals surface area contributed by atoms with Gasteiger partial charge in [-0.15, -0.1) is 0 Å². The number of nitrogens with one attached hydrogen (secondary N) is 1. The average molecular weight is 468 g/mol. The molecule has 1 aliphatic rings. The third-order valence-corrected chi connectivity index (χ3v) is 6.30. The van der Waals surface area contributed by atoms with Crippen LogP contribution >= 0.6 is 0 Å². The van der Waals surface area contributed by atoms with Gasteiger partial charge < -0.3 is 20.5 Å². The minimum atomic E-state index is -0.00328. The predicted molar refractivity (Wildman–Crippen MR) is 135 cm³/mol. The lowest BCUT2D eigenvalue weighted by atomic mass is 10.1. The highest BCUT2D eigenvalue weighted by Gasteiger charge is 2.25. The van der Waals surface area contributed by atoms with Gasteiger partial charge in [-0.2, -0.15) is 0 Å². The van der Waals surface area contributed by atoms with Gasteiger partial charge in [-0.05, 0) is 43.2 Å². The minimum Gasteiger partial charge on any atom is -0.489 e. The molecule has 3 N–H and O–H groups in total. The fourth-order valence-corrected chi connectivity index (χ4v) is 4.55. The molecule has 0 unspecified atom stereocenters. The number of ether oxygens (including phenoxy) is 2. The first-order valence-electron chi connectivity index (χ1n) is 11.6. The van der Waals surface area contributed by atoms with Crippen LogP contribution in [-0.2, 0) is 11.3 Å². The Balaban J connectivity index is 1.30. The van der Waals surface area contributed by atoms with E-state index >= 15 is 0 Å². The molecule has 1 aromatic carbocycles. The number of nitrogens with zero attached hydrogens (tertiary/aromatic N) is 5. The Labute approximate surface area is 202 Å². The molecule has 0 spiro atoms. The van der Waals surface area contributed by atoms with Gasteiger partial charge in [-0.25, -0.2) is 15.0 Å². The molecule has 0 aliphatic carbocycles. The molecule has 1 aliphatic heterocycles. The predicted octanol–water partition coefficient (Wildman–Crippen LogP) is 4.42. The molecule has 5 heterocycles. The van der Waals surface area contributed by atoms with Crippen LogP contribution < -0.4 is 15.8 Å². The van der Waals surface area contributed by atoms with Crippen molar-refractivity contribution in [3.8, 4) is 11.4 Å². The van der Waals surface area contributed by atoms with Crippen LogP contribution in [0.5, 0.6) is 5.75 Å². The Hall–Kier alpha value is -4.24. The Kier molecular flexibility index (Phi) is 5.38. The number of rotatable bonds is 6. The standard InChI is InChI=1S/C26H25N7O2/c1-28-23-7-5-17-4-6-19(10-21(17)32-23)35-14-16-9-18(12-29-11-16)33-13-20(22-3-2-8-34-22)24-25(27)30-15-31-26(24)33/h4-7,9-13,15,22H,2-3,8,14H2,1H3,(H,28,32)(H2,27,30,31)/t22-/m0/s1. The van der Waals surface area contributed by atoms with Crippen molar-refractivity contribution in [2.75, 3.05) is 24.7 Å². The van der Waals surface area contributed by atoms with Crippen molar-refractivity contribution in [1.82, 2.24) is 24.5 Å². The maximum absolute atomic E-state index is 6.25. The van der Waals surface area contributed by atoms with Crippen LogP contribution in [0.4, 0.5) is 11.6 Å². The first kappa shape index (κ1) is 21.3. The van der Waals surface area contributed by atoms with E-state index in [1.165, 1.54) is 6.33 Å². The SMILES string of the molecule is CNc1ccc2ccc(OCc3cncc(-n4cc([C@@H]5CCCO5)c5c(N)ncnc54)c3)cc2n1. The lowest BCUT2D eigenvalue weighted by Gasteiger charge is -2.10. The highest BCUT2D eigenvalue weighted by molar-refractivity contribution is 5.91. The monoisotopic (exact) mass is 467 g/mol. The average Bonchev–Trinajstić information content (AvgIpc) is 3.56. The van der Waals surface area contributed by atoms with E-state index < -0.39 is 0 Å². The van der Waals surface area contributed by atoms with Crippen molar-refractivity contribution in [3.05, 3.63) is 72.4 Å². The summed E-state index contributed by atoms with van der Waals surface area (Å²) in [6.07, 6.45) is 9.12. The topological polar surface area (TPSA) is 113 Å². The zero-order chi connectivity index (χ0) is 23.8. The van der Waals surface area contributed by atoms with Crippen LogP contribution in [0.1, 0.15) is 30.1 Å². The van der Waals surface area contributed by atoms with Gasteiger partial charge in [0.25, 0.3) is 0 Å². The summed E-state index contributed by atoms with van der Waals surface area (Å²) in [5.41, 5.74) is 10.7. The molecule has 6 rings (SSSR count). The number of fused-ring (bicyclic) bond motifs is 2. The Morgan fingerprint density at radius 3 is 2.94 bits per heavy atom. The number of benzene rings is 1. The third-order valence-electron chi connectivity index (χ3n) is 6.30. The van der Waals surface area contributed by atoms with Crippen LogP contribution in [0.2, 0.25) is 0 Å². The summed E-state index contributed by atoms with van der Waals surface area (Å²) in [6.45, 7) is 1.12. The number of nitrogens with two attached hydrogens (primary N) is 1. The summed E-state index contributed by atoms with van der Waals surface area (Å²) < 4.78 is 14.0. The molecule has 0 bridgehead atoms. The smallest absolute Gasteiger partial charge is 0.150 e. The second-order valence-corrected chi connectivity index (χ2v) is 8.55. The first-order valence-corrected chi connectivity index (χ1v) is 11.6. The maximum atomic E-state index is 6.25. The molecule has 35 heavy (non-hydrogen) atoms. The highest BCUT2D eigenvalue weighted by Crippen LogP contribution is 2.37. The summed E-state index contributed by atoms with van der Waals surface area (Å²) in [4.78, 5) is 17.8. The quantitative estimate of drug-likeness (QED) is 0.377. The number of aromatic nitrogens is 5. The zero-order valence-corrected chi connectivity index (χ0v) is 19.3. The van der Waals surface area contributed by atoms with Crippen molar-refractivity contribution < 1.29 is 9.47 Å². The summed E-state index contributed by atoms with van der Waals surface area (Å²) in [5.74, 6) is 2.02. The van der Waals surface area contributed by atoms with Gasteiger partial charge in [0.2, 0.25) is 0 Å². The summed E-state index contributed by atoms with van der Waals surface area (Å²) in [7, 11) is 1.85. The van der Waals surface area contributed by atoms with E-state index in [0.717, 1.165) is 69.8 Å². The molecule has 4 aromatic heterocycles. The minimum absolute atomic E-state index is 0.00328. The summed E-state index contributed by atoms with van der Waals surface area (Å²) in [6, 6.07) is 11.9. The third kappa shape index (κ3) is 4.00. The maximum Gasteiger partial charge on any atom is 0.150 e. The number of hydrogen-bond acceptors (Lipinski definition) is 8. The Morgan fingerprint density at radius 1 is 1.17 bits per heavy atom. The molecule has 0 radical (unpaired) electrons. The number of anilines is 2. The second kappa shape index (κ2) is 8.84. The van der Waals surface area contributed by atoms with Gasteiger partial charge in [0.05, 0.1) is 28.9 Å². The number of nitrogen functional groups attached to an aromatic ring is 1. The zero-order valence-electron chi connectivity index (χ0n) is 19.3. The molecule has 1 saturated heterocycles. The molecule has 9 nitrogen and oxygen atoms in total. The van der Waals surface area contributed by atoms with Crippen molar-refractivity contribution in [2.24, 2.45) is 0 Å². The Bertz CT molecular complexity index is 1530. The van der Waals surface area contributed by atoms with Crippen molar-refractivity contribution in [1.29, 1.82) is 0 Å². The summed E-state index contributed by atoms with van der Waals surface area (Å²) >= 11 is 0. The molecule has 1 fully saturated rings. The van der Waals surface area contributed by atoms with Crippen molar-refractivity contribution >= 4 is 33.6 Å². The van der Waals surface area contributed by atoms with E-state index in [-0.39, 0.29) is 6.10 Å². The van der Waals surface area contributed by atoms with Gasteiger partial charge >= 0.3 is 0 Å². The number of pyridine rings is 2. The largest absolute Gasteiger partial charge is 0.489 e. The molecule has 1 atom stereocenters. The van der Waals surface area contributed by atoms with Crippen LogP contribution in [0.15, 0.2) is 61.3 Å². The molecule has 9 heteroatoms. The van der Waals surface area contributed by atoms with E-state index in [0.29, 0.717) is 12.4 Å². The normalized spacial score (nSPS) is 15.6. The van der Waals surface area contributed by atoms with E-state index in [4.69, 9.17) is 15.2 Å². The lowest BCUT2D eigenvalue weighted by molar-refractivity contribution is 0.113. The van der Waals surface area contributed by atoms with Gasteiger partial charge in [-0.1, -0.05) is 0 Å². The van der Waals surface area contributed by atoms with E-state index in [9.17, 15) is 0 Å². The first-order chi connectivity index (χ1) is 17.2. The van der Waals surface area contributed by atoms with Crippen molar-refractivity contribution in [2.45, 2.75) is 25.6 Å². The van der Waals surface area contributed by atoms with Gasteiger partial charge in [0, 0.05) is 48.6 Å². The van der Waals surface area contributed by atoms with Crippen molar-refractivity contribution in [3.63, 3.8) is 0 Å². The van der Waals surface area contributed by atoms with Crippen LogP contribution in [0, 0.1) is 0 Å². The van der Waals surface area contributed by atoms with E-state index in [2.05, 4.69) is 25.3 Å². The van der Waals surface area contributed by atoms with Crippen LogP contribution in [-0.4, -0.2) is 38.2 Å². The molecule has 0 amide bonds. The van der Waals surface area contributed by atoms with Crippen LogP contribution in [0.3, 0.4) is 0 Å². The lowest BCUT2D eigenvalue weighted by Crippen LogP contribution is -2.01. The molecular weight excluding hydrogens is 442 g/mol. The fraction of sp³-hybridized carbons (Fsp3) is 0.231. The highest BCUT2D eigenvalue weighted by atomic mass is 16.5. The number of hydrogen-bond donors (Lipinski definition) is 2. The van der Waals surface area contributed by atoms with E-state index in [1.54, 1.807) is 12.4 Å². The molecule has 5 aromatic rings. The molecule has 176 valence electrons. The van der Waals surface area contributed by atoms with Gasteiger partial charge in [0.15, 0.2) is 0 Å². The molecular formula is C26H25N7O2. The fourth-order valence-electron chi connectivity index (χ4n) is 4.55. The molecule has 0 saturated carbocycles. The Morgan fingerprint density at radius 2 is 2.09 bits per heavy atom. The second-order valence-electron chi connectivity index (χ2n) is 8.55. The van der Waals surface area contributed by atoms with Gasteiger partial charge in [-0.3, -0.25) is 9.55 Å².